The van der Waals surface area contributed by atoms with Crippen molar-refractivity contribution in [3.63, 3.8) is 0 Å². The van der Waals surface area contributed by atoms with Gasteiger partial charge in [-0.1, -0.05) is 66.5 Å². The number of hydrogen-bond acceptors (Lipinski definition) is 2. The summed E-state index contributed by atoms with van der Waals surface area (Å²) in [6.45, 7) is 13.2. The van der Waals surface area contributed by atoms with Crippen LogP contribution in [0, 0.1) is 11.3 Å². The molecule has 2 aliphatic rings. The summed E-state index contributed by atoms with van der Waals surface area (Å²) in [5.74, 6) is 0.825. The minimum Gasteiger partial charge on any atom is -0.385 e. The Bertz CT molecular complexity index is 606. The van der Waals surface area contributed by atoms with Crippen LogP contribution in [0.15, 0.2) is 60.4 Å². The van der Waals surface area contributed by atoms with E-state index in [1.165, 1.54) is 63.0 Å². The fourth-order valence-corrected chi connectivity index (χ4v) is 5.26. The van der Waals surface area contributed by atoms with Crippen LogP contribution in [0.5, 0.6) is 0 Å². The van der Waals surface area contributed by atoms with Gasteiger partial charge >= 0.3 is 0 Å². The Kier molecular flexibility index (Phi) is 11.4. The fourth-order valence-electron chi connectivity index (χ4n) is 4.63. The van der Waals surface area contributed by atoms with Crippen molar-refractivity contribution >= 4 is 22.6 Å². The normalized spacial score (nSPS) is 23.1. The molecule has 1 unspecified atom stereocenters. The van der Waals surface area contributed by atoms with Crippen LogP contribution in [0.25, 0.3) is 0 Å². The van der Waals surface area contributed by atoms with Crippen LogP contribution in [-0.2, 0) is 0 Å². The maximum Gasteiger partial charge on any atom is 0.0336 e. The molecule has 1 saturated carbocycles. The van der Waals surface area contributed by atoms with Gasteiger partial charge in [-0.05, 0) is 94.0 Å². The molecule has 1 N–H and O–H groups in total. The molecule has 0 amide bonds. The van der Waals surface area contributed by atoms with E-state index in [2.05, 4.69) is 89.7 Å². The molecule has 29 heavy (non-hydrogen) atoms. The van der Waals surface area contributed by atoms with Gasteiger partial charge in [0.1, 0.15) is 0 Å². The Morgan fingerprint density at radius 2 is 1.97 bits per heavy atom. The van der Waals surface area contributed by atoms with Gasteiger partial charge in [0, 0.05) is 23.2 Å². The number of piperidine rings is 1. The highest BCUT2D eigenvalue weighted by Gasteiger charge is 2.47. The molecule has 1 heterocycles. The maximum atomic E-state index is 4.02. The van der Waals surface area contributed by atoms with E-state index >= 15 is 0 Å². The first-order valence-electron chi connectivity index (χ1n) is 11.5. The van der Waals surface area contributed by atoms with Crippen molar-refractivity contribution in [1.82, 2.24) is 10.2 Å². The molecular formula is C26H41IN2. The van der Waals surface area contributed by atoms with Crippen molar-refractivity contribution in [2.75, 3.05) is 30.6 Å². The van der Waals surface area contributed by atoms with Gasteiger partial charge in [-0.2, -0.15) is 0 Å². The lowest BCUT2D eigenvalue weighted by Gasteiger charge is -2.54. The van der Waals surface area contributed by atoms with Crippen LogP contribution < -0.4 is 5.32 Å². The highest BCUT2D eigenvalue weighted by atomic mass is 127. The zero-order valence-corrected chi connectivity index (χ0v) is 20.8. The third kappa shape index (κ3) is 7.75. The van der Waals surface area contributed by atoms with Gasteiger partial charge in [0.05, 0.1) is 0 Å². The van der Waals surface area contributed by atoms with Crippen molar-refractivity contribution in [1.29, 1.82) is 0 Å². The molecule has 2 rings (SSSR count). The van der Waals surface area contributed by atoms with Crippen molar-refractivity contribution in [2.24, 2.45) is 11.3 Å². The first kappa shape index (κ1) is 24.5. The number of alkyl halides is 1. The molecule has 0 aromatic carbocycles. The van der Waals surface area contributed by atoms with Crippen LogP contribution in [0.1, 0.15) is 58.8 Å². The molecule has 1 aliphatic heterocycles. The lowest BCUT2D eigenvalue weighted by Crippen LogP contribution is -2.52. The second-order valence-corrected chi connectivity index (χ2v) is 9.56. The number of allylic oxidation sites excluding steroid dienone is 7. The van der Waals surface area contributed by atoms with Crippen molar-refractivity contribution in [2.45, 2.75) is 58.8 Å². The van der Waals surface area contributed by atoms with Crippen LogP contribution >= 0.6 is 22.6 Å². The standard InChI is InChI=1S/C26H41IN2/c1-4-7-8-9-10-11-18-29-19-15-26(16-20-29)14-12-24(26)22-28-25(6-3)21-23(5-2)13-17-27/h5-10,21,24,28H,3-4,11-20,22H2,1-2H3/b8-7-,10-9-,23-5-,25-21+. The van der Waals surface area contributed by atoms with Gasteiger partial charge in [-0.3, -0.25) is 0 Å². The molecule has 0 bridgehead atoms. The Balaban J connectivity index is 1.76. The summed E-state index contributed by atoms with van der Waals surface area (Å²) >= 11 is 2.45. The molecule has 1 spiro atoms. The Morgan fingerprint density at radius 1 is 1.21 bits per heavy atom. The molecule has 1 aliphatic carbocycles. The smallest absolute Gasteiger partial charge is 0.0336 e. The number of hydrogen-bond donors (Lipinski definition) is 1. The van der Waals surface area contributed by atoms with E-state index in [0.29, 0.717) is 5.41 Å². The summed E-state index contributed by atoms with van der Waals surface area (Å²) in [4.78, 5) is 2.67. The van der Waals surface area contributed by atoms with E-state index in [0.717, 1.165) is 29.7 Å². The van der Waals surface area contributed by atoms with Crippen LogP contribution in [-0.4, -0.2) is 35.5 Å². The second kappa shape index (κ2) is 13.5. The Labute approximate surface area is 193 Å². The summed E-state index contributed by atoms with van der Waals surface area (Å²) in [5, 5.41) is 3.71. The Hall–Kier alpha value is -0.810. The second-order valence-electron chi connectivity index (χ2n) is 8.48. The topological polar surface area (TPSA) is 15.3 Å². The largest absolute Gasteiger partial charge is 0.385 e. The predicted molar refractivity (Wildman–Crippen MR) is 138 cm³/mol. The summed E-state index contributed by atoms with van der Waals surface area (Å²) in [6.07, 6.45) is 24.4. The van der Waals surface area contributed by atoms with Gasteiger partial charge in [0.15, 0.2) is 0 Å². The average Bonchev–Trinajstić information content (AvgIpc) is 2.74. The number of likely N-dealkylation sites (tertiary alicyclic amines) is 1. The van der Waals surface area contributed by atoms with Crippen molar-refractivity contribution < 1.29 is 0 Å². The number of nitrogens with one attached hydrogen (secondary N) is 1. The minimum atomic E-state index is 0.598. The van der Waals surface area contributed by atoms with E-state index in [1.54, 1.807) is 0 Å². The van der Waals surface area contributed by atoms with Crippen molar-refractivity contribution in [3.05, 3.63) is 60.4 Å². The summed E-state index contributed by atoms with van der Waals surface area (Å²) in [5.41, 5.74) is 3.19. The van der Waals surface area contributed by atoms with Gasteiger partial charge in [0.25, 0.3) is 0 Å². The lowest BCUT2D eigenvalue weighted by molar-refractivity contribution is -0.0314. The SMILES string of the molecule is C=C/C(=C\C(=C/C)CCI)NCC1CCC12CCN(CC/C=C\C=C/CC)CC2. The van der Waals surface area contributed by atoms with Gasteiger partial charge in [0.2, 0.25) is 0 Å². The number of rotatable bonds is 12. The number of nitrogens with zero attached hydrogens (tertiary/aromatic N) is 1. The molecule has 0 radical (unpaired) electrons. The summed E-state index contributed by atoms with van der Waals surface area (Å²) in [7, 11) is 0. The molecule has 0 aromatic rings. The zero-order valence-electron chi connectivity index (χ0n) is 18.6. The predicted octanol–water partition coefficient (Wildman–Crippen LogP) is 6.82. The van der Waals surface area contributed by atoms with Crippen LogP contribution in [0.2, 0.25) is 0 Å². The maximum absolute atomic E-state index is 4.02. The molecule has 0 aromatic heterocycles. The van der Waals surface area contributed by atoms with Gasteiger partial charge in [-0.25, -0.2) is 0 Å². The van der Waals surface area contributed by atoms with Crippen molar-refractivity contribution in [3.8, 4) is 0 Å². The van der Waals surface area contributed by atoms with Gasteiger partial charge < -0.3 is 10.2 Å². The highest BCUT2D eigenvalue weighted by molar-refractivity contribution is 14.1. The Morgan fingerprint density at radius 3 is 2.55 bits per heavy atom. The molecule has 2 fully saturated rings. The molecule has 1 saturated heterocycles. The van der Waals surface area contributed by atoms with Gasteiger partial charge in [-0.15, -0.1) is 0 Å². The number of halogens is 1. The zero-order chi connectivity index (χ0) is 21.0. The third-order valence-electron chi connectivity index (χ3n) is 6.81. The average molecular weight is 509 g/mol. The summed E-state index contributed by atoms with van der Waals surface area (Å²) < 4.78 is 1.16. The molecule has 162 valence electrons. The van der Waals surface area contributed by atoms with E-state index in [-0.39, 0.29) is 0 Å². The minimum absolute atomic E-state index is 0.598. The monoisotopic (exact) mass is 508 g/mol. The van der Waals surface area contributed by atoms with E-state index in [9.17, 15) is 0 Å². The summed E-state index contributed by atoms with van der Waals surface area (Å²) in [6, 6.07) is 0. The molecular weight excluding hydrogens is 467 g/mol. The highest BCUT2D eigenvalue weighted by Crippen LogP contribution is 2.53. The van der Waals surface area contributed by atoms with E-state index in [1.807, 2.05) is 6.08 Å². The van der Waals surface area contributed by atoms with Crippen LogP contribution in [0.4, 0.5) is 0 Å². The first-order valence-corrected chi connectivity index (χ1v) is 13.0. The third-order valence-corrected chi connectivity index (χ3v) is 7.35. The van der Waals surface area contributed by atoms with E-state index in [4.69, 9.17) is 0 Å². The van der Waals surface area contributed by atoms with E-state index < -0.39 is 0 Å². The quantitative estimate of drug-likeness (QED) is 0.177. The fraction of sp³-hybridized carbons (Fsp3) is 0.615. The molecule has 2 nitrogen and oxygen atoms in total. The first-order chi connectivity index (χ1) is 14.2. The lowest BCUT2D eigenvalue weighted by atomic mass is 9.55. The molecule has 3 heteroatoms. The molecule has 1 atom stereocenters. The van der Waals surface area contributed by atoms with Crippen LogP contribution in [0.3, 0.4) is 0 Å².